The molecule has 0 unspecified atom stereocenters. The van der Waals surface area contributed by atoms with Crippen molar-refractivity contribution in [1.29, 1.82) is 0 Å². The largest absolute Gasteiger partial charge is 0.354 e. The summed E-state index contributed by atoms with van der Waals surface area (Å²) in [6.45, 7) is 7.78. The van der Waals surface area contributed by atoms with Crippen LogP contribution in [0.15, 0.2) is 42.6 Å². The molecule has 6 heteroatoms. The Balaban J connectivity index is 1.48. The van der Waals surface area contributed by atoms with E-state index in [1.165, 1.54) is 12.1 Å². The van der Waals surface area contributed by atoms with Crippen LogP contribution in [-0.2, 0) is 6.42 Å². The van der Waals surface area contributed by atoms with Gasteiger partial charge in [-0.25, -0.2) is 9.37 Å². The minimum Gasteiger partial charge on any atom is -0.354 e. The van der Waals surface area contributed by atoms with E-state index < -0.39 is 0 Å². The predicted molar refractivity (Wildman–Crippen MR) is 101 cm³/mol. The van der Waals surface area contributed by atoms with Gasteiger partial charge in [-0.2, -0.15) is 0 Å². The predicted octanol–water partition coefficient (Wildman–Crippen LogP) is 2.34. The number of piperazine rings is 1. The second-order valence-corrected chi connectivity index (χ2v) is 6.46. The van der Waals surface area contributed by atoms with E-state index in [1.54, 1.807) is 18.3 Å². The maximum atomic E-state index is 12.9. The third kappa shape index (κ3) is 4.79. The number of rotatable bonds is 6. The van der Waals surface area contributed by atoms with Gasteiger partial charge in [0, 0.05) is 38.9 Å². The molecule has 1 aromatic carbocycles. The lowest BCUT2D eigenvalue weighted by Crippen LogP contribution is -2.46. The molecule has 1 N–H and O–H groups in total. The third-order valence-electron chi connectivity index (χ3n) is 4.77. The SMILES string of the molecule is CCN1CCN(c2ccc(C(=O)NCCc3ccc(F)cc3)cn2)CC1. The molecule has 2 aromatic rings. The van der Waals surface area contributed by atoms with E-state index in [1.807, 2.05) is 12.1 Å². The molecular formula is C20H25FN4O. The van der Waals surface area contributed by atoms with E-state index in [2.05, 4.69) is 27.0 Å². The Kier molecular flexibility index (Phi) is 6.17. The zero-order valence-corrected chi connectivity index (χ0v) is 15.1. The number of nitrogens with zero attached hydrogens (tertiary/aromatic N) is 3. The number of benzene rings is 1. The number of carbonyl (C=O) groups is 1. The summed E-state index contributed by atoms with van der Waals surface area (Å²) in [4.78, 5) is 21.4. The topological polar surface area (TPSA) is 48.5 Å². The number of amides is 1. The molecule has 5 nitrogen and oxygen atoms in total. The van der Waals surface area contributed by atoms with Gasteiger partial charge >= 0.3 is 0 Å². The van der Waals surface area contributed by atoms with Gasteiger partial charge < -0.3 is 15.1 Å². The van der Waals surface area contributed by atoms with Crippen LogP contribution in [0.5, 0.6) is 0 Å². The highest BCUT2D eigenvalue weighted by Crippen LogP contribution is 2.14. The minimum absolute atomic E-state index is 0.137. The van der Waals surface area contributed by atoms with Crippen molar-refractivity contribution in [3.8, 4) is 0 Å². The monoisotopic (exact) mass is 356 g/mol. The highest BCUT2D eigenvalue weighted by molar-refractivity contribution is 5.94. The highest BCUT2D eigenvalue weighted by atomic mass is 19.1. The summed E-state index contributed by atoms with van der Waals surface area (Å²) in [5.74, 6) is 0.533. The molecule has 0 aliphatic carbocycles. The van der Waals surface area contributed by atoms with Crippen LogP contribution >= 0.6 is 0 Å². The molecule has 1 aliphatic rings. The number of carbonyl (C=O) groups excluding carboxylic acids is 1. The van der Waals surface area contributed by atoms with Crippen molar-refractivity contribution in [2.45, 2.75) is 13.3 Å². The fraction of sp³-hybridized carbons (Fsp3) is 0.400. The molecule has 1 aromatic heterocycles. The lowest BCUT2D eigenvalue weighted by molar-refractivity contribution is 0.0954. The van der Waals surface area contributed by atoms with Crippen molar-refractivity contribution < 1.29 is 9.18 Å². The van der Waals surface area contributed by atoms with Crippen LogP contribution in [0, 0.1) is 5.82 Å². The zero-order valence-electron chi connectivity index (χ0n) is 15.1. The summed E-state index contributed by atoms with van der Waals surface area (Å²) < 4.78 is 12.9. The Hall–Kier alpha value is -2.47. The standard InChI is InChI=1S/C20H25FN4O/c1-2-24-11-13-25(14-12-24)19-8-5-17(15-23-19)20(26)22-10-9-16-3-6-18(21)7-4-16/h3-8,15H,2,9-14H2,1H3,(H,22,26). The van der Waals surface area contributed by atoms with Gasteiger partial charge in [0.15, 0.2) is 0 Å². The second-order valence-electron chi connectivity index (χ2n) is 6.46. The van der Waals surface area contributed by atoms with Crippen molar-refractivity contribution >= 4 is 11.7 Å². The summed E-state index contributed by atoms with van der Waals surface area (Å²) in [7, 11) is 0. The Morgan fingerprint density at radius 3 is 2.46 bits per heavy atom. The van der Waals surface area contributed by atoms with E-state index in [0.717, 1.165) is 44.1 Å². The molecule has 1 aliphatic heterocycles. The Bertz CT molecular complexity index is 710. The Morgan fingerprint density at radius 2 is 1.85 bits per heavy atom. The van der Waals surface area contributed by atoms with Crippen molar-refractivity contribution in [3.05, 3.63) is 59.5 Å². The van der Waals surface area contributed by atoms with E-state index >= 15 is 0 Å². The number of likely N-dealkylation sites (N-methyl/N-ethyl adjacent to an activating group) is 1. The lowest BCUT2D eigenvalue weighted by atomic mass is 10.1. The normalized spacial score (nSPS) is 15.1. The number of nitrogens with one attached hydrogen (secondary N) is 1. The summed E-state index contributed by atoms with van der Waals surface area (Å²) in [6.07, 6.45) is 2.30. The fourth-order valence-electron chi connectivity index (χ4n) is 3.07. The van der Waals surface area contributed by atoms with Gasteiger partial charge in [0.2, 0.25) is 0 Å². The van der Waals surface area contributed by atoms with Crippen LogP contribution in [-0.4, -0.2) is 55.1 Å². The first-order chi connectivity index (χ1) is 12.7. The average Bonchev–Trinajstić information content (AvgIpc) is 2.69. The molecule has 1 amide bonds. The van der Waals surface area contributed by atoms with Crippen LogP contribution in [0.2, 0.25) is 0 Å². The fourth-order valence-corrected chi connectivity index (χ4v) is 3.07. The van der Waals surface area contributed by atoms with Crippen LogP contribution in [0.25, 0.3) is 0 Å². The highest BCUT2D eigenvalue weighted by Gasteiger charge is 2.17. The number of pyridine rings is 1. The van der Waals surface area contributed by atoms with Crippen LogP contribution in [0.3, 0.4) is 0 Å². The number of hydrogen-bond donors (Lipinski definition) is 1. The quantitative estimate of drug-likeness (QED) is 0.863. The molecule has 26 heavy (non-hydrogen) atoms. The van der Waals surface area contributed by atoms with Crippen LogP contribution < -0.4 is 10.2 Å². The van der Waals surface area contributed by atoms with Gasteiger partial charge in [-0.05, 0) is 42.8 Å². The molecule has 2 heterocycles. The van der Waals surface area contributed by atoms with E-state index in [9.17, 15) is 9.18 Å². The van der Waals surface area contributed by atoms with Crippen molar-refractivity contribution in [1.82, 2.24) is 15.2 Å². The summed E-state index contributed by atoms with van der Waals surface area (Å²) in [5, 5.41) is 2.88. The summed E-state index contributed by atoms with van der Waals surface area (Å²) in [5.41, 5.74) is 1.55. The van der Waals surface area contributed by atoms with Gasteiger partial charge in [0.05, 0.1) is 5.56 Å². The molecule has 0 bridgehead atoms. The molecule has 0 atom stereocenters. The van der Waals surface area contributed by atoms with Gasteiger partial charge in [-0.1, -0.05) is 19.1 Å². The average molecular weight is 356 g/mol. The van der Waals surface area contributed by atoms with E-state index in [4.69, 9.17) is 0 Å². The molecule has 3 rings (SSSR count). The summed E-state index contributed by atoms with van der Waals surface area (Å²) >= 11 is 0. The van der Waals surface area contributed by atoms with E-state index in [0.29, 0.717) is 18.5 Å². The van der Waals surface area contributed by atoms with Crippen molar-refractivity contribution in [3.63, 3.8) is 0 Å². The number of anilines is 1. The Morgan fingerprint density at radius 1 is 1.12 bits per heavy atom. The maximum Gasteiger partial charge on any atom is 0.252 e. The smallest absolute Gasteiger partial charge is 0.252 e. The summed E-state index contributed by atoms with van der Waals surface area (Å²) in [6, 6.07) is 10.1. The van der Waals surface area contributed by atoms with Gasteiger partial charge in [0.1, 0.15) is 11.6 Å². The van der Waals surface area contributed by atoms with E-state index in [-0.39, 0.29) is 11.7 Å². The first-order valence-electron chi connectivity index (χ1n) is 9.11. The van der Waals surface area contributed by atoms with Crippen molar-refractivity contribution in [2.75, 3.05) is 44.2 Å². The Labute approximate surface area is 153 Å². The minimum atomic E-state index is -0.250. The maximum absolute atomic E-state index is 12.9. The second kappa shape index (κ2) is 8.76. The molecular weight excluding hydrogens is 331 g/mol. The molecule has 1 saturated heterocycles. The van der Waals surface area contributed by atoms with Gasteiger partial charge in [-0.3, -0.25) is 4.79 Å². The molecule has 138 valence electrons. The van der Waals surface area contributed by atoms with Crippen LogP contribution in [0.4, 0.5) is 10.2 Å². The number of hydrogen-bond acceptors (Lipinski definition) is 4. The zero-order chi connectivity index (χ0) is 18.4. The number of halogens is 1. The van der Waals surface area contributed by atoms with Gasteiger partial charge in [0.25, 0.3) is 5.91 Å². The molecule has 1 fully saturated rings. The number of aromatic nitrogens is 1. The first kappa shape index (κ1) is 18.3. The lowest BCUT2D eigenvalue weighted by Gasteiger charge is -2.34. The van der Waals surface area contributed by atoms with Gasteiger partial charge in [-0.15, -0.1) is 0 Å². The molecule has 0 radical (unpaired) electrons. The third-order valence-corrected chi connectivity index (χ3v) is 4.77. The van der Waals surface area contributed by atoms with Crippen LogP contribution in [0.1, 0.15) is 22.8 Å². The first-order valence-corrected chi connectivity index (χ1v) is 9.11. The molecule has 0 spiro atoms. The van der Waals surface area contributed by atoms with Crippen molar-refractivity contribution in [2.24, 2.45) is 0 Å². The molecule has 0 saturated carbocycles.